The number of likely N-dealkylation sites (tertiary alicyclic amines) is 1. The number of benzene rings is 3. The molecule has 3 aromatic carbocycles. The van der Waals surface area contributed by atoms with E-state index in [2.05, 4.69) is 9.47 Å². The van der Waals surface area contributed by atoms with Gasteiger partial charge in [-0.2, -0.15) is 0 Å². The number of nitrogens with zero attached hydrogens (tertiary/aromatic N) is 3. The molecule has 2 aliphatic rings. The number of carboxylic acids is 1. The Labute approximate surface area is 241 Å². The Morgan fingerprint density at radius 1 is 1.07 bits per heavy atom. The predicted octanol–water partition coefficient (Wildman–Crippen LogP) is 6.41. The standard InChI is InChI=1S/C31H30ClF2N3O4/c32-22-6-4-21(25(34)15-22)18-41-28-3-1-2-24(33)30(28)19-8-11-36(12-9-19)17-29-35-26-7-5-20(31(38)39)14-27(26)37(29)16-23-10-13-40-23/h1-7,14-15,19,23H,8-13,16-18H2,(H,38,39)/t23-/m0/s1. The van der Waals surface area contributed by atoms with Gasteiger partial charge in [0.15, 0.2) is 0 Å². The molecule has 10 heteroatoms. The molecule has 7 nitrogen and oxygen atoms in total. The van der Waals surface area contributed by atoms with Crippen LogP contribution in [-0.4, -0.2) is 51.3 Å². The number of carboxylic acid groups (broad SMARTS) is 1. The van der Waals surface area contributed by atoms with Gasteiger partial charge in [-0.3, -0.25) is 4.90 Å². The van der Waals surface area contributed by atoms with Crippen LogP contribution in [-0.2, 0) is 24.4 Å². The third kappa shape index (κ3) is 5.93. The Balaban J connectivity index is 1.16. The van der Waals surface area contributed by atoms with E-state index < -0.39 is 11.8 Å². The summed E-state index contributed by atoms with van der Waals surface area (Å²) in [5.41, 5.74) is 2.64. The smallest absolute Gasteiger partial charge is 0.335 e. The van der Waals surface area contributed by atoms with Gasteiger partial charge >= 0.3 is 5.97 Å². The van der Waals surface area contributed by atoms with Gasteiger partial charge in [0.2, 0.25) is 0 Å². The van der Waals surface area contributed by atoms with Crippen molar-refractivity contribution in [2.24, 2.45) is 0 Å². The van der Waals surface area contributed by atoms with Gasteiger partial charge < -0.3 is 19.1 Å². The summed E-state index contributed by atoms with van der Waals surface area (Å²) >= 11 is 5.86. The summed E-state index contributed by atoms with van der Waals surface area (Å²) in [5, 5.41) is 9.80. The first-order valence-electron chi connectivity index (χ1n) is 13.8. The van der Waals surface area contributed by atoms with Gasteiger partial charge in [-0.25, -0.2) is 18.6 Å². The summed E-state index contributed by atoms with van der Waals surface area (Å²) in [7, 11) is 0. The number of piperidine rings is 1. The lowest BCUT2D eigenvalue weighted by Gasteiger charge is -2.33. The highest BCUT2D eigenvalue weighted by Crippen LogP contribution is 2.37. The van der Waals surface area contributed by atoms with Crippen LogP contribution < -0.4 is 4.74 Å². The minimum atomic E-state index is -0.974. The van der Waals surface area contributed by atoms with E-state index in [1.165, 1.54) is 12.1 Å². The van der Waals surface area contributed by atoms with Gasteiger partial charge in [-0.15, -0.1) is 0 Å². The summed E-state index contributed by atoms with van der Waals surface area (Å²) < 4.78 is 43.0. The van der Waals surface area contributed by atoms with Crippen molar-refractivity contribution in [2.45, 2.75) is 51.0 Å². The number of fused-ring (bicyclic) bond motifs is 1. The fourth-order valence-corrected chi connectivity index (χ4v) is 5.83. The molecule has 0 aliphatic carbocycles. The first kappa shape index (κ1) is 27.6. The molecule has 41 heavy (non-hydrogen) atoms. The number of hydrogen-bond acceptors (Lipinski definition) is 5. The monoisotopic (exact) mass is 581 g/mol. The van der Waals surface area contributed by atoms with Crippen LogP contribution >= 0.6 is 11.6 Å². The third-order valence-corrected chi connectivity index (χ3v) is 8.26. The number of aromatic nitrogens is 2. The van der Waals surface area contributed by atoms with Crippen molar-refractivity contribution in [2.75, 3.05) is 19.7 Å². The molecule has 0 spiro atoms. The average Bonchev–Trinajstić information content (AvgIpc) is 3.26. The van der Waals surface area contributed by atoms with E-state index in [1.807, 2.05) is 0 Å². The van der Waals surface area contributed by atoms with Gasteiger partial charge in [-0.1, -0.05) is 23.7 Å². The summed E-state index contributed by atoms with van der Waals surface area (Å²) in [5.74, 6) is -0.520. The number of carbonyl (C=O) groups is 1. The second-order valence-electron chi connectivity index (χ2n) is 10.7. The molecule has 0 bridgehead atoms. The van der Waals surface area contributed by atoms with Gasteiger partial charge in [0.25, 0.3) is 0 Å². The highest BCUT2D eigenvalue weighted by Gasteiger charge is 2.28. The zero-order chi connectivity index (χ0) is 28.5. The quantitative estimate of drug-likeness (QED) is 0.246. The fraction of sp³-hybridized carbons (Fsp3) is 0.355. The van der Waals surface area contributed by atoms with E-state index in [9.17, 15) is 14.3 Å². The van der Waals surface area contributed by atoms with Crippen LogP contribution in [0.5, 0.6) is 5.75 Å². The molecule has 0 unspecified atom stereocenters. The van der Waals surface area contributed by atoms with Crippen molar-refractivity contribution in [3.63, 3.8) is 0 Å². The largest absolute Gasteiger partial charge is 0.488 e. The first-order chi connectivity index (χ1) is 19.9. The maximum absolute atomic E-state index is 15.1. The van der Waals surface area contributed by atoms with Crippen LogP contribution in [0.25, 0.3) is 11.0 Å². The normalized spacial score (nSPS) is 18.0. The number of hydrogen-bond donors (Lipinski definition) is 1. The molecular formula is C31H30ClF2N3O4. The zero-order valence-electron chi connectivity index (χ0n) is 22.4. The molecule has 214 valence electrons. The number of imidazole rings is 1. The summed E-state index contributed by atoms with van der Waals surface area (Å²) in [4.78, 5) is 18.7. The lowest BCUT2D eigenvalue weighted by atomic mass is 9.88. The van der Waals surface area contributed by atoms with E-state index in [0.717, 1.165) is 55.8 Å². The SMILES string of the molecule is O=C(O)c1ccc2nc(CN3CCC(c4c(F)cccc4OCc4ccc(Cl)cc4F)CC3)n(C[C@@H]3CCO3)c2c1. The van der Waals surface area contributed by atoms with Crippen molar-refractivity contribution in [3.8, 4) is 5.75 Å². The van der Waals surface area contributed by atoms with Gasteiger partial charge in [0, 0.05) is 22.8 Å². The van der Waals surface area contributed by atoms with Gasteiger partial charge in [-0.05, 0) is 80.7 Å². The maximum atomic E-state index is 15.1. The molecule has 0 amide bonds. The van der Waals surface area contributed by atoms with E-state index in [4.69, 9.17) is 26.1 Å². The number of rotatable bonds is 9. The van der Waals surface area contributed by atoms with Crippen LogP contribution in [0, 0.1) is 11.6 Å². The van der Waals surface area contributed by atoms with E-state index >= 15 is 4.39 Å². The molecule has 0 radical (unpaired) electrons. The van der Waals surface area contributed by atoms with Crippen molar-refractivity contribution >= 4 is 28.6 Å². The van der Waals surface area contributed by atoms with E-state index in [-0.39, 0.29) is 30.0 Å². The lowest BCUT2D eigenvalue weighted by molar-refractivity contribution is -0.0592. The molecule has 0 saturated carbocycles. The molecule has 2 saturated heterocycles. The highest BCUT2D eigenvalue weighted by molar-refractivity contribution is 6.30. The lowest BCUT2D eigenvalue weighted by Crippen LogP contribution is -2.35. The van der Waals surface area contributed by atoms with Gasteiger partial charge in [0.1, 0.15) is 29.8 Å². The average molecular weight is 582 g/mol. The van der Waals surface area contributed by atoms with Gasteiger partial charge in [0.05, 0.1) is 35.8 Å². The van der Waals surface area contributed by atoms with Crippen LogP contribution in [0.2, 0.25) is 5.02 Å². The second kappa shape index (κ2) is 11.8. The zero-order valence-corrected chi connectivity index (χ0v) is 23.1. The topological polar surface area (TPSA) is 76.8 Å². The highest BCUT2D eigenvalue weighted by atomic mass is 35.5. The second-order valence-corrected chi connectivity index (χ2v) is 11.1. The predicted molar refractivity (Wildman–Crippen MR) is 150 cm³/mol. The van der Waals surface area contributed by atoms with Crippen LogP contribution in [0.15, 0.2) is 54.6 Å². The molecule has 4 aromatic rings. The number of ether oxygens (including phenoxy) is 2. The Hall–Kier alpha value is -3.53. The van der Waals surface area contributed by atoms with Crippen LogP contribution in [0.3, 0.4) is 0 Å². The molecule has 1 N–H and O–H groups in total. The van der Waals surface area contributed by atoms with E-state index in [0.29, 0.717) is 35.0 Å². The van der Waals surface area contributed by atoms with Crippen LogP contribution in [0.1, 0.15) is 52.5 Å². The Kier molecular flexibility index (Phi) is 7.92. The fourth-order valence-electron chi connectivity index (χ4n) is 5.68. The number of halogens is 3. The molecular weight excluding hydrogens is 552 g/mol. The third-order valence-electron chi connectivity index (χ3n) is 8.03. The van der Waals surface area contributed by atoms with Crippen molar-refractivity contribution < 1.29 is 28.2 Å². The van der Waals surface area contributed by atoms with Crippen molar-refractivity contribution in [1.82, 2.24) is 14.5 Å². The Morgan fingerprint density at radius 3 is 2.59 bits per heavy atom. The number of aromatic carboxylic acids is 1. The summed E-state index contributed by atoms with van der Waals surface area (Å²) in [6, 6.07) is 14.2. The molecule has 6 rings (SSSR count). The Morgan fingerprint density at radius 2 is 1.88 bits per heavy atom. The summed E-state index contributed by atoms with van der Waals surface area (Å²) in [6.07, 6.45) is 2.50. The first-order valence-corrected chi connectivity index (χ1v) is 14.1. The van der Waals surface area contributed by atoms with E-state index in [1.54, 1.807) is 42.5 Å². The minimum Gasteiger partial charge on any atom is -0.488 e. The van der Waals surface area contributed by atoms with Crippen LogP contribution in [0.4, 0.5) is 8.78 Å². The molecule has 2 aliphatic heterocycles. The minimum absolute atomic E-state index is 0.0250. The molecule has 1 atom stereocenters. The Bertz CT molecular complexity index is 1580. The molecule has 2 fully saturated rings. The summed E-state index contributed by atoms with van der Waals surface area (Å²) in [6.45, 7) is 3.38. The maximum Gasteiger partial charge on any atom is 0.335 e. The van der Waals surface area contributed by atoms with Crippen molar-refractivity contribution in [3.05, 3.63) is 93.8 Å². The molecule has 3 heterocycles. The molecule has 1 aromatic heterocycles. The van der Waals surface area contributed by atoms with Crippen molar-refractivity contribution in [1.29, 1.82) is 0 Å².